The first-order valence-electron chi connectivity index (χ1n) is 6.59. The summed E-state index contributed by atoms with van der Waals surface area (Å²) in [6.07, 6.45) is 6.97. The summed E-state index contributed by atoms with van der Waals surface area (Å²) in [5, 5.41) is 12.5. The highest BCUT2D eigenvalue weighted by Crippen LogP contribution is 2.35. The Labute approximate surface area is 107 Å². The molecule has 1 heterocycles. The SMILES string of the molecule is Cc1cc(C(=O)NCC2(CO)CCCCC2)co1. The van der Waals surface area contributed by atoms with Crippen molar-refractivity contribution >= 4 is 5.91 Å². The van der Waals surface area contributed by atoms with Gasteiger partial charge in [0.2, 0.25) is 0 Å². The van der Waals surface area contributed by atoms with Gasteiger partial charge in [-0.15, -0.1) is 0 Å². The fraction of sp³-hybridized carbons (Fsp3) is 0.643. The summed E-state index contributed by atoms with van der Waals surface area (Å²) in [4.78, 5) is 11.9. The summed E-state index contributed by atoms with van der Waals surface area (Å²) in [5.74, 6) is 0.611. The highest BCUT2D eigenvalue weighted by molar-refractivity contribution is 5.93. The molecule has 1 amide bonds. The maximum atomic E-state index is 11.9. The number of carbonyl (C=O) groups excluding carboxylic acids is 1. The fourth-order valence-corrected chi connectivity index (χ4v) is 2.62. The van der Waals surface area contributed by atoms with Crippen LogP contribution >= 0.6 is 0 Å². The first-order valence-corrected chi connectivity index (χ1v) is 6.59. The van der Waals surface area contributed by atoms with Gasteiger partial charge in [-0.05, 0) is 25.8 Å². The van der Waals surface area contributed by atoms with Gasteiger partial charge >= 0.3 is 0 Å². The quantitative estimate of drug-likeness (QED) is 0.862. The van der Waals surface area contributed by atoms with Crippen LogP contribution in [0.5, 0.6) is 0 Å². The number of hydrogen-bond acceptors (Lipinski definition) is 3. The van der Waals surface area contributed by atoms with Crippen molar-refractivity contribution in [3.05, 3.63) is 23.7 Å². The lowest BCUT2D eigenvalue weighted by Gasteiger charge is -2.35. The lowest BCUT2D eigenvalue weighted by Crippen LogP contribution is -2.41. The summed E-state index contributed by atoms with van der Waals surface area (Å²) < 4.78 is 5.12. The van der Waals surface area contributed by atoms with Gasteiger partial charge in [0.25, 0.3) is 5.91 Å². The number of rotatable bonds is 4. The van der Waals surface area contributed by atoms with E-state index in [1.54, 1.807) is 6.07 Å². The summed E-state index contributed by atoms with van der Waals surface area (Å²) in [6.45, 7) is 2.51. The van der Waals surface area contributed by atoms with Crippen molar-refractivity contribution in [1.82, 2.24) is 5.32 Å². The van der Waals surface area contributed by atoms with E-state index in [4.69, 9.17) is 4.42 Å². The molecule has 1 aromatic rings. The molecule has 2 N–H and O–H groups in total. The van der Waals surface area contributed by atoms with E-state index < -0.39 is 0 Å². The molecule has 18 heavy (non-hydrogen) atoms. The predicted octanol–water partition coefficient (Wildman–Crippen LogP) is 2.26. The van der Waals surface area contributed by atoms with Crippen LogP contribution < -0.4 is 5.32 Å². The Hall–Kier alpha value is -1.29. The minimum atomic E-state index is -0.120. The highest BCUT2D eigenvalue weighted by Gasteiger charge is 2.31. The molecule has 1 aliphatic rings. The molecule has 2 rings (SSSR count). The topological polar surface area (TPSA) is 62.5 Å². The van der Waals surface area contributed by atoms with E-state index in [0.29, 0.717) is 12.1 Å². The number of hydrogen-bond donors (Lipinski definition) is 2. The number of aryl methyl sites for hydroxylation is 1. The van der Waals surface area contributed by atoms with Gasteiger partial charge < -0.3 is 14.8 Å². The number of nitrogens with one attached hydrogen (secondary N) is 1. The summed E-state index contributed by atoms with van der Waals surface area (Å²) in [7, 11) is 0. The molecule has 4 heteroatoms. The van der Waals surface area contributed by atoms with E-state index >= 15 is 0 Å². The fourth-order valence-electron chi connectivity index (χ4n) is 2.62. The van der Waals surface area contributed by atoms with Crippen LogP contribution in [0.15, 0.2) is 16.7 Å². The molecular weight excluding hydrogens is 230 g/mol. The van der Waals surface area contributed by atoms with Gasteiger partial charge in [-0.3, -0.25) is 4.79 Å². The second-order valence-electron chi connectivity index (χ2n) is 5.35. The van der Waals surface area contributed by atoms with E-state index in [2.05, 4.69) is 5.32 Å². The molecule has 0 atom stereocenters. The molecule has 4 nitrogen and oxygen atoms in total. The normalized spacial score (nSPS) is 18.6. The Balaban J connectivity index is 1.91. The second-order valence-corrected chi connectivity index (χ2v) is 5.35. The van der Waals surface area contributed by atoms with Crippen molar-refractivity contribution in [2.75, 3.05) is 13.2 Å². The largest absolute Gasteiger partial charge is 0.469 e. The van der Waals surface area contributed by atoms with E-state index in [1.165, 1.54) is 12.7 Å². The standard InChI is InChI=1S/C14H21NO3/c1-11-7-12(8-18-11)13(17)15-9-14(10-16)5-3-2-4-6-14/h7-8,16H,2-6,9-10H2,1H3,(H,15,17). The molecule has 0 radical (unpaired) electrons. The number of furan rings is 1. The number of aliphatic hydroxyl groups is 1. The van der Waals surface area contributed by atoms with Crippen LogP contribution in [-0.4, -0.2) is 24.2 Å². The zero-order chi connectivity index (χ0) is 13.0. The van der Waals surface area contributed by atoms with Crippen LogP contribution in [0, 0.1) is 12.3 Å². The summed E-state index contributed by atoms with van der Waals surface area (Å²) in [5.41, 5.74) is 0.434. The van der Waals surface area contributed by atoms with E-state index in [9.17, 15) is 9.90 Å². The van der Waals surface area contributed by atoms with E-state index in [-0.39, 0.29) is 17.9 Å². The monoisotopic (exact) mass is 251 g/mol. The van der Waals surface area contributed by atoms with Gasteiger partial charge in [0.15, 0.2) is 0 Å². The summed E-state index contributed by atoms with van der Waals surface area (Å²) in [6, 6.07) is 1.72. The van der Waals surface area contributed by atoms with Crippen LogP contribution in [-0.2, 0) is 0 Å². The van der Waals surface area contributed by atoms with Crippen molar-refractivity contribution in [2.45, 2.75) is 39.0 Å². The van der Waals surface area contributed by atoms with Gasteiger partial charge in [-0.1, -0.05) is 19.3 Å². The number of amides is 1. The van der Waals surface area contributed by atoms with Crippen LogP contribution in [0.25, 0.3) is 0 Å². The van der Waals surface area contributed by atoms with Gasteiger partial charge in [0.05, 0.1) is 12.2 Å². The molecule has 0 aliphatic heterocycles. The molecule has 1 fully saturated rings. The summed E-state index contributed by atoms with van der Waals surface area (Å²) >= 11 is 0. The van der Waals surface area contributed by atoms with Crippen molar-refractivity contribution in [1.29, 1.82) is 0 Å². The second kappa shape index (κ2) is 5.57. The Morgan fingerprint density at radius 1 is 1.44 bits per heavy atom. The van der Waals surface area contributed by atoms with Gasteiger partial charge in [-0.2, -0.15) is 0 Å². The average Bonchev–Trinajstić information content (AvgIpc) is 2.84. The third kappa shape index (κ3) is 2.93. The Morgan fingerprint density at radius 2 is 2.17 bits per heavy atom. The molecule has 100 valence electrons. The molecule has 0 saturated heterocycles. The highest BCUT2D eigenvalue weighted by atomic mass is 16.3. The Kier molecular flexibility index (Phi) is 4.07. The van der Waals surface area contributed by atoms with Crippen molar-refractivity contribution in [2.24, 2.45) is 5.41 Å². The molecule has 0 spiro atoms. The zero-order valence-electron chi connectivity index (χ0n) is 10.9. The lowest BCUT2D eigenvalue weighted by molar-refractivity contribution is 0.0717. The average molecular weight is 251 g/mol. The van der Waals surface area contributed by atoms with Gasteiger partial charge in [-0.25, -0.2) is 0 Å². The van der Waals surface area contributed by atoms with Crippen LogP contribution in [0.4, 0.5) is 0 Å². The Bertz CT molecular complexity index is 405. The molecular formula is C14H21NO3. The maximum absolute atomic E-state index is 11.9. The molecule has 0 aromatic carbocycles. The van der Waals surface area contributed by atoms with Crippen molar-refractivity contribution < 1.29 is 14.3 Å². The van der Waals surface area contributed by atoms with E-state index in [1.807, 2.05) is 6.92 Å². The minimum Gasteiger partial charge on any atom is -0.469 e. The predicted molar refractivity (Wildman–Crippen MR) is 68.4 cm³/mol. The number of carbonyl (C=O) groups is 1. The van der Waals surface area contributed by atoms with Crippen LogP contribution in [0.1, 0.15) is 48.2 Å². The lowest BCUT2D eigenvalue weighted by atomic mass is 9.74. The third-order valence-electron chi connectivity index (χ3n) is 3.87. The molecule has 0 bridgehead atoms. The van der Waals surface area contributed by atoms with Crippen LogP contribution in [0.2, 0.25) is 0 Å². The van der Waals surface area contributed by atoms with Gasteiger partial charge in [0, 0.05) is 12.0 Å². The third-order valence-corrected chi connectivity index (χ3v) is 3.87. The van der Waals surface area contributed by atoms with Crippen molar-refractivity contribution in [3.63, 3.8) is 0 Å². The zero-order valence-corrected chi connectivity index (χ0v) is 10.9. The minimum absolute atomic E-state index is 0.118. The Morgan fingerprint density at radius 3 is 2.72 bits per heavy atom. The molecule has 1 saturated carbocycles. The first kappa shape index (κ1) is 13.1. The number of aliphatic hydroxyl groups excluding tert-OH is 1. The maximum Gasteiger partial charge on any atom is 0.254 e. The first-order chi connectivity index (χ1) is 8.65. The smallest absolute Gasteiger partial charge is 0.254 e. The molecule has 1 aromatic heterocycles. The van der Waals surface area contributed by atoms with Gasteiger partial charge in [0.1, 0.15) is 12.0 Å². The van der Waals surface area contributed by atoms with Crippen LogP contribution in [0.3, 0.4) is 0 Å². The van der Waals surface area contributed by atoms with E-state index in [0.717, 1.165) is 31.4 Å². The molecule has 1 aliphatic carbocycles. The molecule has 0 unspecified atom stereocenters. The van der Waals surface area contributed by atoms with Crippen molar-refractivity contribution in [3.8, 4) is 0 Å².